The minimum atomic E-state index is -3.78. The number of nitrogens with zero attached hydrogens (tertiary/aromatic N) is 1. The zero-order valence-electron chi connectivity index (χ0n) is 16.9. The molecule has 2 aromatic rings. The Bertz CT molecular complexity index is 959. The highest BCUT2D eigenvalue weighted by Gasteiger charge is 2.34. The van der Waals surface area contributed by atoms with Gasteiger partial charge in [-0.25, -0.2) is 8.42 Å². The zero-order chi connectivity index (χ0) is 21.7. The van der Waals surface area contributed by atoms with E-state index in [4.69, 9.17) is 11.6 Å². The van der Waals surface area contributed by atoms with Crippen LogP contribution in [-0.4, -0.2) is 31.2 Å². The molecule has 1 N–H and O–H groups in total. The van der Waals surface area contributed by atoms with E-state index >= 15 is 0 Å². The van der Waals surface area contributed by atoms with E-state index in [0.717, 1.165) is 42.1 Å². The standard InChI is InChI=1S/C22H26BrClN2O3S/c1-16(17-7-11-19(24)12-8-17)25-22(27)15-26(20-5-3-2-4-6-20)30(28,29)21-13-9-18(23)10-14-21/h7-14,16,20H,2-6,15H2,1H3,(H,25,27)/t16-/m1/s1. The van der Waals surface area contributed by atoms with Crippen LogP contribution in [0.15, 0.2) is 57.9 Å². The average Bonchev–Trinajstić information content (AvgIpc) is 2.73. The molecule has 0 aromatic heterocycles. The van der Waals surface area contributed by atoms with E-state index in [2.05, 4.69) is 21.2 Å². The molecule has 1 aliphatic carbocycles. The fraction of sp³-hybridized carbons (Fsp3) is 0.409. The van der Waals surface area contributed by atoms with E-state index in [1.54, 1.807) is 36.4 Å². The topological polar surface area (TPSA) is 66.5 Å². The molecule has 1 aliphatic rings. The summed E-state index contributed by atoms with van der Waals surface area (Å²) in [7, 11) is -3.78. The van der Waals surface area contributed by atoms with Crippen LogP contribution in [0.4, 0.5) is 0 Å². The van der Waals surface area contributed by atoms with Crippen molar-refractivity contribution in [1.29, 1.82) is 0 Å². The number of amides is 1. The van der Waals surface area contributed by atoms with Gasteiger partial charge in [-0.15, -0.1) is 0 Å². The van der Waals surface area contributed by atoms with Crippen LogP contribution in [-0.2, 0) is 14.8 Å². The average molecular weight is 514 g/mol. The van der Waals surface area contributed by atoms with Crippen LogP contribution in [0, 0.1) is 0 Å². The summed E-state index contributed by atoms with van der Waals surface area (Å²) in [6, 6.07) is 13.4. The number of carbonyl (C=O) groups is 1. The Morgan fingerprint density at radius 3 is 2.30 bits per heavy atom. The monoisotopic (exact) mass is 512 g/mol. The highest BCUT2D eigenvalue weighted by Crippen LogP contribution is 2.28. The molecule has 162 valence electrons. The van der Waals surface area contributed by atoms with Gasteiger partial charge in [0.15, 0.2) is 0 Å². The minimum absolute atomic E-state index is 0.163. The van der Waals surface area contributed by atoms with Crippen molar-refractivity contribution in [3.8, 4) is 0 Å². The van der Waals surface area contributed by atoms with Crippen LogP contribution in [0.5, 0.6) is 0 Å². The fourth-order valence-corrected chi connectivity index (χ4v) is 5.82. The summed E-state index contributed by atoms with van der Waals surface area (Å²) in [5.74, 6) is -0.316. The van der Waals surface area contributed by atoms with E-state index in [1.807, 2.05) is 19.1 Å². The second kappa shape index (κ2) is 10.3. The van der Waals surface area contributed by atoms with Gasteiger partial charge >= 0.3 is 0 Å². The van der Waals surface area contributed by atoms with Crippen LogP contribution in [0.1, 0.15) is 50.6 Å². The van der Waals surface area contributed by atoms with Gasteiger partial charge in [0.05, 0.1) is 17.5 Å². The second-order valence-electron chi connectivity index (χ2n) is 7.64. The van der Waals surface area contributed by atoms with E-state index in [1.165, 1.54) is 4.31 Å². The third kappa shape index (κ3) is 5.84. The van der Waals surface area contributed by atoms with Crippen LogP contribution in [0.25, 0.3) is 0 Å². The molecule has 2 aromatic carbocycles. The molecule has 3 rings (SSSR count). The molecule has 0 radical (unpaired) electrons. The van der Waals surface area contributed by atoms with Crippen molar-refractivity contribution in [3.05, 3.63) is 63.6 Å². The molecule has 1 fully saturated rings. The van der Waals surface area contributed by atoms with Gasteiger partial charge in [-0.2, -0.15) is 4.31 Å². The Kier molecular flexibility index (Phi) is 7.96. The molecule has 0 aliphatic heterocycles. The summed E-state index contributed by atoms with van der Waals surface area (Å²) in [5, 5.41) is 3.55. The molecule has 30 heavy (non-hydrogen) atoms. The third-order valence-electron chi connectivity index (χ3n) is 5.45. The van der Waals surface area contributed by atoms with Gasteiger partial charge in [-0.05, 0) is 61.7 Å². The van der Waals surface area contributed by atoms with Crippen molar-refractivity contribution in [2.24, 2.45) is 0 Å². The van der Waals surface area contributed by atoms with Crippen LogP contribution < -0.4 is 5.32 Å². The molecule has 8 heteroatoms. The minimum Gasteiger partial charge on any atom is -0.348 e. The van der Waals surface area contributed by atoms with Gasteiger partial charge in [0.1, 0.15) is 0 Å². The first-order valence-corrected chi connectivity index (χ1v) is 12.7. The first-order chi connectivity index (χ1) is 14.3. The molecule has 0 unspecified atom stereocenters. The Balaban J connectivity index is 1.79. The van der Waals surface area contributed by atoms with E-state index in [9.17, 15) is 13.2 Å². The quantitative estimate of drug-likeness (QED) is 0.546. The van der Waals surface area contributed by atoms with E-state index in [-0.39, 0.29) is 29.4 Å². The van der Waals surface area contributed by atoms with E-state index < -0.39 is 10.0 Å². The first-order valence-electron chi connectivity index (χ1n) is 10.1. The maximum absolute atomic E-state index is 13.4. The normalized spacial score (nSPS) is 16.4. The van der Waals surface area contributed by atoms with Crippen LogP contribution in [0.3, 0.4) is 0 Å². The lowest BCUT2D eigenvalue weighted by molar-refractivity contribution is -0.122. The molecule has 0 saturated heterocycles. The van der Waals surface area contributed by atoms with Crippen molar-refractivity contribution < 1.29 is 13.2 Å². The second-order valence-corrected chi connectivity index (χ2v) is 10.9. The summed E-state index contributed by atoms with van der Waals surface area (Å²) in [5.41, 5.74) is 0.910. The Labute approximate surface area is 192 Å². The van der Waals surface area contributed by atoms with Gasteiger partial charge in [-0.1, -0.05) is 58.9 Å². The van der Waals surface area contributed by atoms with Gasteiger partial charge in [0.25, 0.3) is 0 Å². The SMILES string of the molecule is C[C@@H](NC(=O)CN(C1CCCCC1)S(=O)(=O)c1ccc(Br)cc1)c1ccc(Cl)cc1. The number of sulfonamides is 1. The summed E-state index contributed by atoms with van der Waals surface area (Å²) >= 11 is 9.27. The smallest absolute Gasteiger partial charge is 0.243 e. The molecular weight excluding hydrogens is 488 g/mol. The molecule has 0 spiro atoms. The van der Waals surface area contributed by atoms with Crippen LogP contribution in [0.2, 0.25) is 5.02 Å². The largest absolute Gasteiger partial charge is 0.348 e. The van der Waals surface area contributed by atoms with Crippen molar-refractivity contribution in [3.63, 3.8) is 0 Å². The fourth-order valence-electron chi connectivity index (χ4n) is 3.78. The van der Waals surface area contributed by atoms with Crippen molar-refractivity contribution in [2.45, 2.75) is 56.0 Å². The predicted octanol–water partition coefficient (Wildman–Crippen LogP) is 5.30. The van der Waals surface area contributed by atoms with E-state index in [0.29, 0.717) is 5.02 Å². The summed E-state index contributed by atoms with van der Waals surface area (Å²) in [6.45, 7) is 1.68. The molecule has 0 bridgehead atoms. The summed E-state index contributed by atoms with van der Waals surface area (Å²) in [6.07, 6.45) is 4.59. The number of halogens is 2. The number of hydrogen-bond donors (Lipinski definition) is 1. The number of nitrogens with one attached hydrogen (secondary N) is 1. The molecule has 1 atom stereocenters. The van der Waals surface area contributed by atoms with Crippen molar-refractivity contribution in [2.75, 3.05) is 6.54 Å². The van der Waals surface area contributed by atoms with Crippen molar-refractivity contribution in [1.82, 2.24) is 9.62 Å². The lowest BCUT2D eigenvalue weighted by atomic mass is 9.95. The lowest BCUT2D eigenvalue weighted by Crippen LogP contribution is -2.47. The first kappa shape index (κ1) is 23.3. The third-order valence-corrected chi connectivity index (χ3v) is 8.14. The molecule has 1 saturated carbocycles. The Morgan fingerprint density at radius 2 is 1.70 bits per heavy atom. The number of benzene rings is 2. The van der Waals surface area contributed by atoms with Crippen LogP contribution >= 0.6 is 27.5 Å². The van der Waals surface area contributed by atoms with Crippen molar-refractivity contribution >= 4 is 43.5 Å². The molecule has 5 nitrogen and oxygen atoms in total. The molecule has 0 heterocycles. The Morgan fingerprint density at radius 1 is 1.10 bits per heavy atom. The van der Waals surface area contributed by atoms with Gasteiger partial charge in [0, 0.05) is 15.5 Å². The highest BCUT2D eigenvalue weighted by atomic mass is 79.9. The number of hydrogen-bond acceptors (Lipinski definition) is 3. The molecular formula is C22H26BrClN2O3S. The highest BCUT2D eigenvalue weighted by molar-refractivity contribution is 9.10. The van der Waals surface area contributed by atoms with Gasteiger partial charge in [0.2, 0.25) is 15.9 Å². The summed E-state index contributed by atoms with van der Waals surface area (Å²) < 4.78 is 29.0. The molecule has 1 amide bonds. The number of carbonyl (C=O) groups excluding carboxylic acids is 1. The maximum atomic E-state index is 13.4. The van der Waals surface area contributed by atoms with Gasteiger partial charge < -0.3 is 5.32 Å². The zero-order valence-corrected chi connectivity index (χ0v) is 20.0. The summed E-state index contributed by atoms with van der Waals surface area (Å²) in [4.78, 5) is 13.0. The number of rotatable bonds is 7. The maximum Gasteiger partial charge on any atom is 0.243 e. The Hall–Kier alpha value is -1.41. The predicted molar refractivity (Wildman–Crippen MR) is 123 cm³/mol. The lowest BCUT2D eigenvalue weighted by Gasteiger charge is -2.33. The van der Waals surface area contributed by atoms with Gasteiger partial charge in [-0.3, -0.25) is 4.79 Å².